The molecule has 0 amide bonds. The summed E-state index contributed by atoms with van der Waals surface area (Å²) in [5.41, 5.74) is 5.28. The number of aryl methyl sites for hydroxylation is 1. The SMILES string of the molecule is Cc1cccc(NCc2cc(Cl)ccc2OCc2cccc(F)c2)c1C. The standard InChI is InChI=1S/C22H21ClFNO/c1-15-5-3-8-21(16(15)2)25-13-18-12-19(23)9-10-22(18)26-14-17-6-4-7-20(24)11-17/h3-12,25H,13-14H2,1-2H3. The number of ether oxygens (including phenoxy) is 1. The summed E-state index contributed by atoms with van der Waals surface area (Å²) in [5.74, 6) is 0.468. The third-order valence-electron chi connectivity index (χ3n) is 4.38. The minimum atomic E-state index is -0.265. The van der Waals surface area contributed by atoms with E-state index in [4.69, 9.17) is 16.3 Å². The summed E-state index contributed by atoms with van der Waals surface area (Å²) in [5, 5.41) is 4.10. The van der Waals surface area contributed by atoms with Crippen LogP contribution in [0.25, 0.3) is 0 Å². The Balaban J connectivity index is 1.74. The van der Waals surface area contributed by atoms with Gasteiger partial charge in [0.15, 0.2) is 0 Å². The molecule has 2 nitrogen and oxygen atoms in total. The van der Waals surface area contributed by atoms with Crippen LogP contribution in [-0.4, -0.2) is 0 Å². The van der Waals surface area contributed by atoms with Gasteiger partial charge in [-0.3, -0.25) is 0 Å². The second-order valence-corrected chi connectivity index (χ2v) is 6.71. The third kappa shape index (κ3) is 4.55. The van der Waals surface area contributed by atoms with E-state index in [2.05, 4.69) is 31.3 Å². The summed E-state index contributed by atoms with van der Waals surface area (Å²) in [7, 11) is 0. The van der Waals surface area contributed by atoms with Crippen molar-refractivity contribution in [1.29, 1.82) is 0 Å². The van der Waals surface area contributed by atoms with E-state index in [1.807, 2.05) is 24.3 Å². The highest BCUT2D eigenvalue weighted by molar-refractivity contribution is 6.30. The zero-order chi connectivity index (χ0) is 18.5. The lowest BCUT2D eigenvalue weighted by molar-refractivity contribution is 0.302. The van der Waals surface area contributed by atoms with E-state index in [0.717, 1.165) is 22.6 Å². The molecule has 0 aliphatic carbocycles. The highest BCUT2D eigenvalue weighted by Gasteiger charge is 2.07. The van der Waals surface area contributed by atoms with Gasteiger partial charge in [-0.1, -0.05) is 35.9 Å². The first-order chi connectivity index (χ1) is 12.5. The molecule has 134 valence electrons. The molecule has 0 radical (unpaired) electrons. The summed E-state index contributed by atoms with van der Waals surface area (Å²) in [6.07, 6.45) is 0. The van der Waals surface area contributed by atoms with Crippen molar-refractivity contribution in [2.45, 2.75) is 27.0 Å². The van der Waals surface area contributed by atoms with Crippen LogP contribution in [0.5, 0.6) is 5.75 Å². The van der Waals surface area contributed by atoms with Gasteiger partial charge in [0.1, 0.15) is 18.2 Å². The normalized spacial score (nSPS) is 10.6. The monoisotopic (exact) mass is 369 g/mol. The molecule has 0 saturated heterocycles. The third-order valence-corrected chi connectivity index (χ3v) is 4.61. The number of benzene rings is 3. The molecule has 1 N–H and O–H groups in total. The van der Waals surface area contributed by atoms with Gasteiger partial charge in [0.05, 0.1) is 0 Å². The van der Waals surface area contributed by atoms with E-state index < -0.39 is 0 Å². The number of hydrogen-bond donors (Lipinski definition) is 1. The second-order valence-electron chi connectivity index (χ2n) is 6.27. The predicted octanol–water partition coefficient (Wildman–Crippen LogP) is 6.29. The first kappa shape index (κ1) is 18.3. The Morgan fingerprint density at radius 2 is 1.81 bits per heavy atom. The Bertz CT molecular complexity index is 910. The Kier molecular flexibility index (Phi) is 5.79. The molecule has 0 saturated carbocycles. The van der Waals surface area contributed by atoms with Gasteiger partial charge in [0, 0.05) is 22.8 Å². The fourth-order valence-corrected chi connectivity index (χ4v) is 2.94. The fraction of sp³-hybridized carbons (Fsp3) is 0.182. The summed E-state index contributed by atoms with van der Waals surface area (Å²) in [4.78, 5) is 0. The highest BCUT2D eigenvalue weighted by Crippen LogP contribution is 2.26. The van der Waals surface area contributed by atoms with E-state index >= 15 is 0 Å². The number of hydrogen-bond acceptors (Lipinski definition) is 2. The van der Waals surface area contributed by atoms with Crippen LogP contribution < -0.4 is 10.1 Å². The fourth-order valence-electron chi connectivity index (χ4n) is 2.75. The molecule has 0 spiro atoms. The van der Waals surface area contributed by atoms with Gasteiger partial charge in [-0.25, -0.2) is 4.39 Å². The quantitative estimate of drug-likeness (QED) is 0.551. The lowest BCUT2D eigenvalue weighted by Gasteiger charge is -2.15. The van der Waals surface area contributed by atoms with Gasteiger partial charge >= 0.3 is 0 Å². The van der Waals surface area contributed by atoms with Gasteiger partial charge in [-0.15, -0.1) is 0 Å². The summed E-state index contributed by atoms with van der Waals surface area (Å²) in [6.45, 7) is 5.07. The Morgan fingerprint density at radius 3 is 2.62 bits per heavy atom. The summed E-state index contributed by atoms with van der Waals surface area (Å²) in [6, 6.07) is 18.1. The van der Waals surface area contributed by atoms with Crippen molar-refractivity contribution in [3.05, 3.63) is 93.8 Å². The van der Waals surface area contributed by atoms with E-state index in [-0.39, 0.29) is 5.82 Å². The Labute approximate surface area is 158 Å². The highest BCUT2D eigenvalue weighted by atomic mass is 35.5. The Morgan fingerprint density at radius 1 is 1.00 bits per heavy atom. The molecular formula is C22H21ClFNO. The zero-order valence-electron chi connectivity index (χ0n) is 14.9. The minimum Gasteiger partial charge on any atom is -0.489 e. The van der Waals surface area contributed by atoms with Crippen LogP contribution >= 0.6 is 11.6 Å². The average Bonchev–Trinajstić information content (AvgIpc) is 2.62. The van der Waals surface area contributed by atoms with Crippen molar-refractivity contribution in [2.75, 3.05) is 5.32 Å². The zero-order valence-corrected chi connectivity index (χ0v) is 15.6. The molecule has 0 atom stereocenters. The van der Waals surface area contributed by atoms with E-state index in [1.54, 1.807) is 12.1 Å². The van der Waals surface area contributed by atoms with E-state index in [9.17, 15) is 4.39 Å². The largest absolute Gasteiger partial charge is 0.489 e. The first-order valence-corrected chi connectivity index (χ1v) is 8.86. The Hall–Kier alpha value is -2.52. The second kappa shape index (κ2) is 8.24. The van der Waals surface area contributed by atoms with Crippen LogP contribution in [0.1, 0.15) is 22.3 Å². The molecule has 0 aromatic heterocycles. The van der Waals surface area contributed by atoms with Crippen molar-refractivity contribution in [2.24, 2.45) is 0 Å². The lowest BCUT2D eigenvalue weighted by Crippen LogP contribution is -2.05. The van der Waals surface area contributed by atoms with Gasteiger partial charge in [0.25, 0.3) is 0 Å². The van der Waals surface area contributed by atoms with Crippen LogP contribution in [-0.2, 0) is 13.2 Å². The topological polar surface area (TPSA) is 21.3 Å². The molecule has 0 unspecified atom stereocenters. The van der Waals surface area contributed by atoms with Crippen LogP contribution in [0.2, 0.25) is 5.02 Å². The lowest BCUT2D eigenvalue weighted by atomic mass is 10.1. The van der Waals surface area contributed by atoms with Crippen LogP contribution in [0.15, 0.2) is 60.7 Å². The molecule has 0 bridgehead atoms. The molecule has 3 aromatic rings. The summed E-state index contributed by atoms with van der Waals surface area (Å²) >= 11 is 6.16. The van der Waals surface area contributed by atoms with E-state index in [1.165, 1.54) is 23.3 Å². The number of halogens is 2. The number of nitrogens with one attached hydrogen (secondary N) is 1. The molecular weight excluding hydrogens is 349 g/mol. The van der Waals surface area contributed by atoms with Crippen molar-refractivity contribution in [1.82, 2.24) is 0 Å². The molecule has 0 aliphatic heterocycles. The molecule has 0 heterocycles. The maximum absolute atomic E-state index is 13.3. The van der Waals surface area contributed by atoms with Crippen molar-refractivity contribution in [3.63, 3.8) is 0 Å². The molecule has 3 rings (SSSR count). The summed E-state index contributed by atoms with van der Waals surface area (Å²) < 4.78 is 19.2. The van der Waals surface area contributed by atoms with Crippen molar-refractivity contribution in [3.8, 4) is 5.75 Å². The van der Waals surface area contributed by atoms with Gasteiger partial charge < -0.3 is 10.1 Å². The van der Waals surface area contributed by atoms with E-state index in [0.29, 0.717) is 18.2 Å². The molecule has 26 heavy (non-hydrogen) atoms. The minimum absolute atomic E-state index is 0.265. The smallest absolute Gasteiger partial charge is 0.124 e. The average molecular weight is 370 g/mol. The molecule has 3 aromatic carbocycles. The molecule has 0 aliphatic rings. The van der Waals surface area contributed by atoms with Crippen LogP contribution in [0, 0.1) is 19.7 Å². The van der Waals surface area contributed by atoms with Crippen LogP contribution in [0.3, 0.4) is 0 Å². The van der Waals surface area contributed by atoms with Gasteiger partial charge in [-0.05, 0) is 66.9 Å². The number of anilines is 1. The maximum atomic E-state index is 13.3. The predicted molar refractivity (Wildman–Crippen MR) is 105 cm³/mol. The maximum Gasteiger partial charge on any atom is 0.124 e. The molecule has 4 heteroatoms. The molecule has 0 fully saturated rings. The van der Waals surface area contributed by atoms with Gasteiger partial charge in [0.2, 0.25) is 0 Å². The van der Waals surface area contributed by atoms with Crippen molar-refractivity contribution < 1.29 is 9.13 Å². The van der Waals surface area contributed by atoms with Crippen LogP contribution in [0.4, 0.5) is 10.1 Å². The van der Waals surface area contributed by atoms with Crippen molar-refractivity contribution >= 4 is 17.3 Å². The first-order valence-electron chi connectivity index (χ1n) is 8.48. The van der Waals surface area contributed by atoms with Gasteiger partial charge in [-0.2, -0.15) is 0 Å². The number of rotatable bonds is 6.